The Bertz CT molecular complexity index is 692. The topological polar surface area (TPSA) is 70.1 Å². The van der Waals surface area contributed by atoms with Crippen LogP contribution in [0.1, 0.15) is 38.3 Å². The van der Waals surface area contributed by atoms with Crippen molar-refractivity contribution >= 4 is 17.3 Å². The lowest BCUT2D eigenvalue weighted by Crippen LogP contribution is -2.52. The molecule has 0 saturated heterocycles. The van der Waals surface area contributed by atoms with Gasteiger partial charge in [-0.25, -0.2) is 0 Å². The Kier molecular flexibility index (Phi) is 5.49. The molecule has 0 aliphatic rings. The van der Waals surface area contributed by atoms with Gasteiger partial charge in [-0.3, -0.25) is 0 Å². The standard InChI is InChI=1S/C20H25ClN2O/c1-19(2,24)13-17(22)20(3,15-7-5-4-6-8-15)18(23)14-9-11-16(21)12-10-14/h4-12,17,23-24H,13,22H2,1-3H3. The molecule has 0 bridgehead atoms. The maximum atomic E-state index is 10.2. The van der Waals surface area contributed by atoms with Crippen LogP contribution in [0.5, 0.6) is 0 Å². The molecule has 0 fully saturated rings. The van der Waals surface area contributed by atoms with E-state index in [4.69, 9.17) is 22.7 Å². The van der Waals surface area contributed by atoms with Crippen LogP contribution in [0.2, 0.25) is 5.02 Å². The van der Waals surface area contributed by atoms with Crippen molar-refractivity contribution in [3.63, 3.8) is 0 Å². The zero-order chi connectivity index (χ0) is 18.0. The van der Waals surface area contributed by atoms with E-state index in [1.165, 1.54) is 0 Å². The van der Waals surface area contributed by atoms with E-state index in [1.54, 1.807) is 26.0 Å². The number of benzene rings is 2. The minimum Gasteiger partial charge on any atom is -0.390 e. The quantitative estimate of drug-likeness (QED) is 0.689. The van der Waals surface area contributed by atoms with Gasteiger partial charge < -0.3 is 16.2 Å². The maximum Gasteiger partial charge on any atom is 0.0607 e. The molecule has 0 spiro atoms. The van der Waals surface area contributed by atoms with Gasteiger partial charge in [-0.1, -0.05) is 54.1 Å². The first-order valence-electron chi connectivity index (χ1n) is 8.03. The number of rotatable bonds is 6. The average Bonchev–Trinajstić information content (AvgIpc) is 2.53. The normalized spacial score (nSPS) is 15.6. The monoisotopic (exact) mass is 344 g/mol. The third-order valence-corrected chi connectivity index (χ3v) is 4.74. The Balaban J connectivity index is 2.50. The zero-order valence-corrected chi connectivity index (χ0v) is 15.1. The van der Waals surface area contributed by atoms with E-state index in [0.29, 0.717) is 17.2 Å². The van der Waals surface area contributed by atoms with E-state index >= 15 is 0 Å². The summed E-state index contributed by atoms with van der Waals surface area (Å²) in [5.41, 5.74) is 7.03. The number of nitrogens with two attached hydrogens (primary N) is 1. The molecule has 2 aromatic carbocycles. The molecule has 0 saturated carbocycles. The molecule has 24 heavy (non-hydrogen) atoms. The fourth-order valence-corrected chi connectivity index (χ4v) is 3.11. The van der Waals surface area contributed by atoms with Crippen LogP contribution in [0.25, 0.3) is 0 Å². The first-order valence-corrected chi connectivity index (χ1v) is 8.41. The molecule has 3 nitrogen and oxygen atoms in total. The molecule has 0 amide bonds. The van der Waals surface area contributed by atoms with Gasteiger partial charge in [0.2, 0.25) is 0 Å². The second kappa shape index (κ2) is 7.06. The van der Waals surface area contributed by atoms with Crippen LogP contribution in [-0.4, -0.2) is 22.5 Å². The minimum absolute atomic E-state index is 0.383. The smallest absolute Gasteiger partial charge is 0.0607 e. The van der Waals surface area contributed by atoms with Gasteiger partial charge in [0.05, 0.1) is 11.3 Å². The van der Waals surface area contributed by atoms with Gasteiger partial charge in [0.25, 0.3) is 0 Å². The van der Waals surface area contributed by atoms with Gasteiger partial charge in [-0.05, 0) is 50.5 Å². The van der Waals surface area contributed by atoms with Crippen molar-refractivity contribution < 1.29 is 5.11 Å². The van der Waals surface area contributed by atoms with Crippen LogP contribution in [0.3, 0.4) is 0 Å². The predicted octanol–water partition coefficient (Wildman–Crippen LogP) is 4.15. The molecular formula is C20H25ClN2O. The number of hydrogen-bond acceptors (Lipinski definition) is 3. The predicted molar refractivity (Wildman–Crippen MR) is 101 cm³/mol. The Morgan fingerprint density at radius 2 is 1.62 bits per heavy atom. The van der Waals surface area contributed by atoms with Crippen LogP contribution >= 0.6 is 11.6 Å². The van der Waals surface area contributed by atoms with Gasteiger partial charge in [-0.15, -0.1) is 0 Å². The van der Waals surface area contributed by atoms with Crippen molar-refractivity contribution in [2.24, 2.45) is 5.73 Å². The van der Waals surface area contributed by atoms with Crippen molar-refractivity contribution in [2.45, 2.75) is 44.2 Å². The average molecular weight is 345 g/mol. The fourth-order valence-electron chi connectivity index (χ4n) is 2.99. The lowest BCUT2D eigenvalue weighted by molar-refractivity contribution is 0.0584. The second-order valence-electron chi connectivity index (χ2n) is 7.07. The lowest BCUT2D eigenvalue weighted by Gasteiger charge is -2.39. The molecule has 0 aliphatic carbocycles. The maximum absolute atomic E-state index is 10.2. The van der Waals surface area contributed by atoms with E-state index in [9.17, 15) is 5.11 Å². The van der Waals surface area contributed by atoms with E-state index in [2.05, 4.69) is 0 Å². The SMILES string of the molecule is CC(C)(O)CC(N)C(C)(C(=N)c1ccc(Cl)cc1)c1ccccc1. The van der Waals surface area contributed by atoms with Gasteiger partial charge in [0, 0.05) is 16.5 Å². The highest BCUT2D eigenvalue weighted by atomic mass is 35.5. The molecule has 128 valence electrons. The Morgan fingerprint density at radius 3 is 2.12 bits per heavy atom. The lowest BCUT2D eigenvalue weighted by atomic mass is 9.68. The highest BCUT2D eigenvalue weighted by molar-refractivity contribution is 6.30. The van der Waals surface area contributed by atoms with Crippen LogP contribution in [-0.2, 0) is 5.41 Å². The molecule has 0 aromatic heterocycles. The van der Waals surface area contributed by atoms with E-state index < -0.39 is 17.1 Å². The van der Waals surface area contributed by atoms with E-state index in [0.717, 1.165) is 11.1 Å². The summed E-state index contributed by atoms with van der Waals surface area (Å²) in [6.45, 7) is 5.45. The van der Waals surface area contributed by atoms with Gasteiger partial charge in [0.15, 0.2) is 0 Å². The molecule has 0 heterocycles. The molecule has 2 rings (SSSR count). The summed E-state index contributed by atoms with van der Waals surface area (Å²) in [6.07, 6.45) is 0.383. The first kappa shape index (κ1) is 18.7. The number of hydrogen-bond donors (Lipinski definition) is 3. The summed E-state index contributed by atoms with van der Waals surface area (Å²) >= 11 is 5.97. The van der Waals surface area contributed by atoms with Gasteiger partial charge in [-0.2, -0.15) is 0 Å². The third kappa shape index (κ3) is 4.04. The van der Waals surface area contributed by atoms with Crippen molar-refractivity contribution in [3.05, 3.63) is 70.7 Å². The molecule has 0 radical (unpaired) electrons. The van der Waals surface area contributed by atoms with Crippen LogP contribution in [0, 0.1) is 5.41 Å². The summed E-state index contributed by atoms with van der Waals surface area (Å²) < 4.78 is 0. The second-order valence-corrected chi connectivity index (χ2v) is 7.51. The molecule has 4 N–H and O–H groups in total. The first-order chi connectivity index (χ1) is 11.1. The molecular weight excluding hydrogens is 320 g/mol. The van der Waals surface area contributed by atoms with Crippen LogP contribution in [0.4, 0.5) is 0 Å². The number of halogens is 1. The Morgan fingerprint density at radius 1 is 1.08 bits per heavy atom. The molecule has 0 aliphatic heterocycles. The fraction of sp³-hybridized carbons (Fsp3) is 0.350. The van der Waals surface area contributed by atoms with Crippen molar-refractivity contribution in [2.75, 3.05) is 0 Å². The number of aliphatic hydroxyl groups is 1. The summed E-state index contributed by atoms with van der Waals surface area (Å²) in [4.78, 5) is 0. The van der Waals surface area contributed by atoms with Gasteiger partial charge >= 0.3 is 0 Å². The number of nitrogens with one attached hydrogen (secondary N) is 1. The summed E-state index contributed by atoms with van der Waals surface area (Å²) in [5, 5.41) is 19.7. The van der Waals surface area contributed by atoms with E-state index in [-0.39, 0.29) is 0 Å². The van der Waals surface area contributed by atoms with Crippen molar-refractivity contribution in [1.29, 1.82) is 5.41 Å². The zero-order valence-electron chi connectivity index (χ0n) is 14.4. The third-order valence-electron chi connectivity index (χ3n) is 4.49. The summed E-state index contributed by atoms with van der Waals surface area (Å²) in [5.74, 6) is 0. The molecule has 4 heteroatoms. The molecule has 2 unspecified atom stereocenters. The van der Waals surface area contributed by atoms with Crippen LogP contribution in [0.15, 0.2) is 54.6 Å². The van der Waals surface area contributed by atoms with Crippen molar-refractivity contribution in [3.8, 4) is 0 Å². The summed E-state index contributed by atoms with van der Waals surface area (Å²) in [6, 6.07) is 16.6. The Hall–Kier alpha value is -1.68. The molecule has 2 aromatic rings. The molecule has 2 atom stereocenters. The van der Waals surface area contributed by atoms with Crippen molar-refractivity contribution in [1.82, 2.24) is 0 Å². The van der Waals surface area contributed by atoms with Gasteiger partial charge in [0.1, 0.15) is 0 Å². The Labute approximate surface area is 149 Å². The highest BCUT2D eigenvalue weighted by Gasteiger charge is 2.40. The summed E-state index contributed by atoms with van der Waals surface area (Å²) in [7, 11) is 0. The van der Waals surface area contributed by atoms with E-state index in [1.807, 2.05) is 49.4 Å². The van der Waals surface area contributed by atoms with Crippen LogP contribution < -0.4 is 5.73 Å². The highest BCUT2D eigenvalue weighted by Crippen LogP contribution is 2.34. The minimum atomic E-state index is -0.907. The largest absolute Gasteiger partial charge is 0.390 e.